The molecular weight excluding hydrogens is 288 g/mol. The summed E-state index contributed by atoms with van der Waals surface area (Å²) in [6.07, 6.45) is 0.903. The lowest BCUT2D eigenvalue weighted by Gasteiger charge is -2.34. The number of amides is 2. The van der Waals surface area contributed by atoms with Crippen molar-refractivity contribution < 1.29 is 14.3 Å². The van der Waals surface area contributed by atoms with Crippen LogP contribution in [0.2, 0.25) is 0 Å². The molecule has 0 saturated carbocycles. The third-order valence-corrected chi connectivity index (χ3v) is 4.26. The van der Waals surface area contributed by atoms with Crippen LogP contribution in [0.4, 0.5) is 0 Å². The van der Waals surface area contributed by atoms with Gasteiger partial charge in [0.2, 0.25) is 5.91 Å². The van der Waals surface area contributed by atoms with E-state index in [0.717, 1.165) is 0 Å². The van der Waals surface area contributed by atoms with Gasteiger partial charge in [0.25, 0.3) is 11.5 Å². The van der Waals surface area contributed by atoms with Crippen molar-refractivity contribution in [3.8, 4) is 0 Å². The zero-order chi connectivity index (χ0) is 16.3. The number of nitrogens with one attached hydrogen (secondary N) is 2. The highest BCUT2D eigenvalue weighted by molar-refractivity contribution is 5.95. The molecule has 22 heavy (non-hydrogen) atoms. The van der Waals surface area contributed by atoms with Crippen molar-refractivity contribution in [2.75, 3.05) is 19.8 Å². The molecule has 0 aromatic carbocycles. The molecule has 8 nitrogen and oxygen atoms in total. The Kier molecular flexibility index (Phi) is 4.60. The number of aromatic nitrogens is 2. The Hall–Kier alpha value is -2.22. The Bertz CT molecular complexity index is 647. The first-order valence-corrected chi connectivity index (χ1v) is 7.09. The molecule has 1 aliphatic heterocycles. The number of rotatable bonds is 4. The maximum absolute atomic E-state index is 12.3. The minimum absolute atomic E-state index is 0.0131. The second-order valence-electron chi connectivity index (χ2n) is 5.58. The lowest BCUT2D eigenvalue weighted by Crippen LogP contribution is -2.50. The van der Waals surface area contributed by atoms with Gasteiger partial charge >= 0.3 is 0 Å². The van der Waals surface area contributed by atoms with Crippen LogP contribution in [0.3, 0.4) is 0 Å². The highest BCUT2D eigenvalue weighted by Crippen LogP contribution is 2.29. The Labute approximate surface area is 127 Å². The fourth-order valence-electron chi connectivity index (χ4n) is 2.51. The summed E-state index contributed by atoms with van der Waals surface area (Å²) in [5, 5.41) is 8.74. The summed E-state index contributed by atoms with van der Waals surface area (Å²) in [4.78, 5) is 35.9. The molecular formula is C14H20N4O4. The van der Waals surface area contributed by atoms with Crippen molar-refractivity contribution in [3.05, 3.63) is 27.2 Å². The summed E-state index contributed by atoms with van der Waals surface area (Å²) in [5.41, 5.74) is 5.21. The first kappa shape index (κ1) is 16.2. The van der Waals surface area contributed by atoms with Crippen LogP contribution in [0.25, 0.3) is 0 Å². The van der Waals surface area contributed by atoms with Crippen molar-refractivity contribution >= 4 is 11.8 Å². The number of carbonyl (C=O) groups is 2. The molecule has 0 atom stereocenters. The average Bonchev–Trinajstić information content (AvgIpc) is 2.50. The summed E-state index contributed by atoms with van der Waals surface area (Å²) >= 11 is 0. The van der Waals surface area contributed by atoms with E-state index in [4.69, 9.17) is 10.5 Å². The molecule has 2 amide bonds. The molecule has 0 radical (unpaired) electrons. The van der Waals surface area contributed by atoms with Crippen LogP contribution in [-0.4, -0.2) is 41.8 Å². The predicted molar refractivity (Wildman–Crippen MR) is 78.3 cm³/mol. The topological polar surface area (TPSA) is 127 Å². The molecule has 0 unspecified atom stereocenters. The summed E-state index contributed by atoms with van der Waals surface area (Å²) in [6, 6.07) is 0. The van der Waals surface area contributed by atoms with Crippen molar-refractivity contribution in [2.24, 2.45) is 11.1 Å². The third kappa shape index (κ3) is 3.01. The molecule has 0 spiro atoms. The highest BCUT2D eigenvalue weighted by atomic mass is 16.5. The molecule has 8 heteroatoms. The SMILES string of the molecule is Cc1n[nH]c(=O)c(C(=O)NCC2(C(N)=O)CCOCC2)c1C. The normalized spacial score (nSPS) is 17.0. The average molecular weight is 308 g/mol. The fourth-order valence-corrected chi connectivity index (χ4v) is 2.51. The number of nitrogens with two attached hydrogens (primary N) is 1. The van der Waals surface area contributed by atoms with Crippen LogP contribution in [0.15, 0.2) is 4.79 Å². The monoisotopic (exact) mass is 308 g/mol. The van der Waals surface area contributed by atoms with Gasteiger partial charge in [0, 0.05) is 19.8 Å². The maximum atomic E-state index is 12.3. The van der Waals surface area contributed by atoms with Gasteiger partial charge in [-0.05, 0) is 32.3 Å². The highest BCUT2D eigenvalue weighted by Gasteiger charge is 2.39. The molecule has 120 valence electrons. The molecule has 1 saturated heterocycles. The van der Waals surface area contributed by atoms with Gasteiger partial charge in [-0.1, -0.05) is 0 Å². The molecule has 1 aromatic heterocycles. The van der Waals surface area contributed by atoms with Crippen LogP contribution in [-0.2, 0) is 9.53 Å². The number of hydrogen-bond donors (Lipinski definition) is 3. The van der Waals surface area contributed by atoms with Gasteiger partial charge in [0.15, 0.2) is 0 Å². The van der Waals surface area contributed by atoms with Gasteiger partial charge in [-0.25, -0.2) is 5.10 Å². The van der Waals surface area contributed by atoms with E-state index in [0.29, 0.717) is 37.3 Å². The number of carbonyl (C=O) groups excluding carboxylic acids is 2. The first-order valence-electron chi connectivity index (χ1n) is 7.09. The van der Waals surface area contributed by atoms with E-state index in [1.54, 1.807) is 13.8 Å². The predicted octanol–water partition coefficient (Wildman–Crippen LogP) is -0.601. The number of hydrogen-bond acceptors (Lipinski definition) is 5. The Morgan fingerprint density at radius 1 is 1.36 bits per heavy atom. The minimum Gasteiger partial charge on any atom is -0.381 e. The number of primary amides is 1. The van der Waals surface area contributed by atoms with Crippen LogP contribution in [0.1, 0.15) is 34.5 Å². The fraction of sp³-hybridized carbons (Fsp3) is 0.571. The molecule has 1 fully saturated rings. The van der Waals surface area contributed by atoms with Gasteiger partial charge in [-0.3, -0.25) is 14.4 Å². The lowest BCUT2D eigenvalue weighted by atomic mass is 9.79. The van der Waals surface area contributed by atoms with Gasteiger partial charge < -0.3 is 15.8 Å². The summed E-state index contributed by atoms with van der Waals surface area (Å²) in [5.74, 6) is -0.996. The largest absolute Gasteiger partial charge is 0.381 e. The molecule has 4 N–H and O–H groups in total. The summed E-state index contributed by atoms with van der Waals surface area (Å²) < 4.78 is 5.24. The van der Waals surface area contributed by atoms with Crippen LogP contribution in [0, 0.1) is 19.3 Å². The van der Waals surface area contributed by atoms with Crippen LogP contribution >= 0.6 is 0 Å². The van der Waals surface area contributed by atoms with E-state index < -0.39 is 22.8 Å². The smallest absolute Gasteiger partial charge is 0.277 e. The first-order chi connectivity index (χ1) is 10.4. The molecule has 0 aliphatic carbocycles. The van der Waals surface area contributed by atoms with Crippen LogP contribution < -0.4 is 16.6 Å². The van der Waals surface area contributed by atoms with Crippen molar-refractivity contribution in [2.45, 2.75) is 26.7 Å². The van der Waals surface area contributed by atoms with Crippen LogP contribution in [0.5, 0.6) is 0 Å². The Morgan fingerprint density at radius 2 is 2.00 bits per heavy atom. The standard InChI is InChI=1S/C14H20N4O4/c1-8-9(2)17-18-12(20)10(8)11(19)16-7-14(13(15)21)3-5-22-6-4-14/h3-7H2,1-2H3,(H2,15,21)(H,16,19)(H,18,20). The Morgan fingerprint density at radius 3 is 2.59 bits per heavy atom. The second-order valence-corrected chi connectivity index (χ2v) is 5.58. The minimum atomic E-state index is -0.823. The van der Waals surface area contributed by atoms with Crippen molar-refractivity contribution in [1.82, 2.24) is 15.5 Å². The molecule has 1 aromatic rings. The zero-order valence-corrected chi connectivity index (χ0v) is 12.7. The summed E-state index contributed by atoms with van der Waals surface area (Å²) in [6.45, 7) is 4.29. The molecule has 2 rings (SSSR count). The second kappa shape index (κ2) is 6.27. The van der Waals surface area contributed by atoms with Gasteiger partial charge in [0.1, 0.15) is 5.56 Å². The maximum Gasteiger partial charge on any atom is 0.277 e. The molecule has 1 aliphatic rings. The van der Waals surface area contributed by atoms with E-state index in [1.807, 2.05) is 0 Å². The molecule has 2 heterocycles. The van der Waals surface area contributed by atoms with Gasteiger partial charge in [-0.2, -0.15) is 5.10 Å². The van der Waals surface area contributed by atoms with E-state index in [2.05, 4.69) is 15.5 Å². The lowest BCUT2D eigenvalue weighted by molar-refractivity contribution is -0.132. The van der Waals surface area contributed by atoms with E-state index >= 15 is 0 Å². The number of aromatic amines is 1. The molecule has 0 bridgehead atoms. The zero-order valence-electron chi connectivity index (χ0n) is 12.7. The number of nitrogens with zero attached hydrogens (tertiary/aromatic N) is 1. The van der Waals surface area contributed by atoms with E-state index in [1.165, 1.54) is 0 Å². The van der Waals surface area contributed by atoms with Gasteiger partial charge in [-0.15, -0.1) is 0 Å². The number of H-pyrrole nitrogens is 1. The van der Waals surface area contributed by atoms with Crippen molar-refractivity contribution in [1.29, 1.82) is 0 Å². The number of aryl methyl sites for hydroxylation is 1. The number of ether oxygens (including phenoxy) is 1. The van der Waals surface area contributed by atoms with Gasteiger partial charge in [0.05, 0.1) is 11.1 Å². The summed E-state index contributed by atoms with van der Waals surface area (Å²) in [7, 11) is 0. The van der Waals surface area contributed by atoms with E-state index in [9.17, 15) is 14.4 Å². The third-order valence-electron chi connectivity index (χ3n) is 4.26. The Balaban J connectivity index is 2.17. The van der Waals surface area contributed by atoms with E-state index in [-0.39, 0.29) is 12.1 Å². The van der Waals surface area contributed by atoms with Crippen molar-refractivity contribution in [3.63, 3.8) is 0 Å². The quantitative estimate of drug-likeness (QED) is 0.684.